The molecule has 6 heteroatoms. The van der Waals surface area contributed by atoms with E-state index in [0.717, 1.165) is 31.7 Å². The Labute approximate surface area is 131 Å². The number of halogens is 1. The number of carbonyl (C=O) groups excluding carboxylic acids is 1. The molecule has 1 fully saturated rings. The van der Waals surface area contributed by atoms with E-state index in [1.807, 2.05) is 12.1 Å². The van der Waals surface area contributed by atoms with E-state index in [1.165, 1.54) is 0 Å². The van der Waals surface area contributed by atoms with Gasteiger partial charge in [0.2, 0.25) is 0 Å². The third-order valence-corrected chi connectivity index (χ3v) is 3.43. The van der Waals surface area contributed by atoms with E-state index in [0.29, 0.717) is 5.75 Å². The second-order valence-corrected chi connectivity index (χ2v) is 4.97. The van der Waals surface area contributed by atoms with Gasteiger partial charge in [0.1, 0.15) is 11.5 Å². The second kappa shape index (κ2) is 8.74. The van der Waals surface area contributed by atoms with Crippen LogP contribution in [0.4, 0.5) is 0 Å². The first-order valence-corrected chi connectivity index (χ1v) is 7.01. The van der Waals surface area contributed by atoms with Gasteiger partial charge in [-0.3, -0.25) is 4.79 Å². The highest BCUT2D eigenvalue weighted by molar-refractivity contribution is 5.85. The van der Waals surface area contributed by atoms with Crippen LogP contribution in [-0.2, 0) is 4.79 Å². The van der Waals surface area contributed by atoms with Crippen LogP contribution in [0.2, 0.25) is 0 Å². The molecule has 2 N–H and O–H groups in total. The molecular weight excluding hydrogens is 292 g/mol. The Bertz CT molecular complexity index is 433. The minimum Gasteiger partial charge on any atom is -0.497 e. The molecule has 1 aliphatic heterocycles. The van der Waals surface area contributed by atoms with Crippen LogP contribution in [0.1, 0.15) is 19.8 Å². The quantitative estimate of drug-likeness (QED) is 0.869. The summed E-state index contributed by atoms with van der Waals surface area (Å²) in [6.07, 6.45) is 1.44. The van der Waals surface area contributed by atoms with E-state index in [9.17, 15) is 4.79 Å². The lowest BCUT2D eigenvalue weighted by atomic mass is 10.1. The Morgan fingerprint density at radius 3 is 2.38 bits per heavy atom. The SMILES string of the molecule is COc1ccc(OC(C)C(=O)NC2CCNCC2)cc1.Cl. The highest BCUT2D eigenvalue weighted by atomic mass is 35.5. The molecule has 0 aliphatic carbocycles. The Morgan fingerprint density at radius 1 is 1.24 bits per heavy atom. The van der Waals surface area contributed by atoms with E-state index in [-0.39, 0.29) is 24.4 Å². The van der Waals surface area contributed by atoms with Gasteiger partial charge >= 0.3 is 0 Å². The van der Waals surface area contributed by atoms with Crippen molar-refractivity contribution < 1.29 is 14.3 Å². The average molecular weight is 315 g/mol. The molecule has 1 atom stereocenters. The predicted octanol–water partition coefficient (Wildman–Crippen LogP) is 1.75. The van der Waals surface area contributed by atoms with Gasteiger partial charge in [0.15, 0.2) is 6.10 Å². The Kier molecular flexibility index (Phi) is 7.32. The average Bonchev–Trinajstić information content (AvgIpc) is 2.49. The molecule has 2 rings (SSSR count). The van der Waals surface area contributed by atoms with Crippen molar-refractivity contribution in [3.05, 3.63) is 24.3 Å². The minimum atomic E-state index is -0.502. The highest BCUT2D eigenvalue weighted by Gasteiger charge is 2.20. The molecule has 21 heavy (non-hydrogen) atoms. The van der Waals surface area contributed by atoms with Gasteiger partial charge in [0.25, 0.3) is 5.91 Å². The van der Waals surface area contributed by atoms with Crippen LogP contribution < -0.4 is 20.1 Å². The number of rotatable bonds is 5. The van der Waals surface area contributed by atoms with Crippen molar-refractivity contribution in [1.29, 1.82) is 0 Å². The van der Waals surface area contributed by atoms with Crippen LogP contribution in [-0.4, -0.2) is 38.3 Å². The van der Waals surface area contributed by atoms with E-state index in [2.05, 4.69) is 10.6 Å². The van der Waals surface area contributed by atoms with Gasteiger partial charge in [-0.1, -0.05) is 0 Å². The number of nitrogens with one attached hydrogen (secondary N) is 2. The van der Waals surface area contributed by atoms with Crippen LogP contribution in [0.3, 0.4) is 0 Å². The molecule has 1 heterocycles. The molecule has 0 radical (unpaired) electrons. The number of hydrogen-bond acceptors (Lipinski definition) is 4. The van der Waals surface area contributed by atoms with Crippen molar-refractivity contribution >= 4 is 18.3 Å². The van der Waals surface area contributed by atoms with E-state index in [4.69, 9.17) is 9.47 Å². The number of carbonyl (C=O) groups is 1. The van der Waals surface area contributed by atoms with Gasteiger partial charge in [-0.2, -0.15) is 0 Å². The summed E-state index contributed by atoms with van der Waals surface area (Å²) in [5.74, 6) is 1.37. The van der Waals surface area contributed by atoms with Gasteiger partial charge < -0.3 is 20.1 Å². The van der Waals surface area contributed by atoms with Crippen LogP contribution in [0, 0.1) is 0 Å². The van der Waals surface area contributed by atoms with E-state index >= 15 is 0 Å². The lowest BCUT2D eigenvalue weighted by Gasteiger charge is -2.25. The first kappa shape index (κ1) is 17.6. The van der Waals surface area contributed by atoms with Gasteiger partial charge in [0, 0.05) is 6.04 Å². The molecule has 1 aliphatic rings. The number of piperidine rings is 1. The summed E-state index contributed by atoms with van der Waals surface area (Å²) < 4.78 is 10.7. The fourth-order valence-electron chi connectivity index (χ4n) is 2.20. The van der Waals surface area contributed by atoms with E-state index in [1.54, 1.807) is 26.2 Å². The first-order valence-electron chi connectivity index (χ1n) is 7.01. The lowest BCUT2D eigenvalue weighted by molar-refractivity contribution is -0.128. The van der Waals surface area contributed by atoms with Gasteiger partial charge in [-0.15, -0.1) is 12.4 Å². The first-order chi connectivity index (χ1) is 9.69. The van der Waals surface area contributed by atoms with Crippen molar-refractivity contribution in [2.24, 2.45) is 0 Å². The van der Waals surface area contributed by atoms with Crippen LogP contribution in [0.25, 0.3) is 0 Å². The van der Waals surface area contributed by atoms with Crippen molar-refractivity contribution in [3.63, 3.8) is 0 Å². The van der Waals surface area contributed by atoms with Gasteiger partial charge in [0.05, 0.1) is 7.11 Å². The van der Waals surface area contributed by atoms with Crippen LogP contribution >= 0.6 is 12.4 Å². The maximum Gasteiger partial charge on any atom is 0.260 e. The molecule has 1 saturated heterocycles. The van der Waals surface area contributed by atoms with Gasteiger partial charge in [-0.25, -0.2) is 0 Å². The zero-order valence-electron chi connectivity index (χ0n) is 12.4. The number of amides is 1. The second-order valence-electron chi connectivity index (χ2n) is 4.97. The maximum absolute atomic E-state index is 12.1. The monoisotopic (exact) mass is 314 g/mol. The fraction of sp³-hybridized carbons (Fsp3) is 0.533. The zero-order chi connectivity index (χ0) is 14.4. The lowest BCUT2D eigenvalue weighted by Crippen LogP contribution is -2.46. The summed E-state index contributed by atoms with van der Waals surface area (Å²) in [5, 5.41) is 6.31. The number of ether oxygens (including phenoxy) is 2. The smallest absolute Gasteiger partial charge is 0.260 e. The zero-order valence-corrected chi connectivity index (χ0v) is 13.2. The van der Waals surface area contributed by atoms with Crippen molar-refractivity contribution in [2.45, 2.75) is 31.9 Å². The molecule has 5 nitrogen and oxygen atoms in total. The molecule has 0 aromatic heterocycles. The molecule has 0 saturated carbocycles. The van der Waals surface area contributed by atoms with Crippen molar-refractivity contribution in [1.82, 2.24) is 10.6 Å². The van der Waals surface area contributed by atoms with Crippen LogP contribution in [0.15, 0.2) is 24.3 Å². The summed E-state index contributed by atoms with van der Waals surface area (Å²) >= 11 is 0. The third-order valence-electron chi connectivity index (χ3n) is 3.43. The van der Waals surface area contributed by atoms with Crippen molar-refractivity contribution in [3.8, 4) is 11.5 Å². The summed E-state index contributed by atoms with van der Waals surface area (Å²) in [7, 11) is 1.62. The Hall–Kier alpha value is -1.46. The Balaban J connectivity index is 0.00000220. The molecule has 1 aromatic carbocycles. The highest BCUT2D eigenvalue weighted by Crippen LogP contribution is 2.18. The standard InChI is InChI=1S/C15H22N2O3.ClH/c1-11(15(18)17-12-7-9-16-10-8-12)20-14-5-3-13(19-2)4-6-14;/h3-6,11-12,16H,7-10H2,1-2H3,(H,17,18);1H. The van der Waals surface area contributed by atoms with Crippen molar-refractivity contribution in [2.75, 3.05) is 20.2 Å². The number of methoxy groups -OCH3 is 1. The molecule has 0 spiro atoms. The fourth-order valence-corrected chi connectivity index (χ4v) is 2.20. The predicted molar refractivity (Wildman–Crippen MR) is 84.4 cm³/mol. The summed E-state index contributed by atoms with van der Waals surface area (Å²) in [6.45, 7) is 3.68. The topological polar surface area (TPSA) is 59.6 Å². The maximum atomic E-state index is 12.1. The molecule has 0 bridgehead atoms. The molecule has 1 unspecified atom stereocenters. The van der Waals surface area contributed by atoms with Crippen LogP contribution in [0.5, 0.6) is 11.5 Å². The largest absolute Gasteiger partial charge is 0.497 e. The molecular formula is C15H23ClN2O3. The van der Waals surface area contributed by atoms with E-state index < -0.39 is 6.10 Å². The number of hydrogen-bond donors (Lipinski definition) is 2. The Morgan fingerprint density at radius 2 is 1.81 bits per heavy atom. The molecule has 1 amide bonds. The number of benzene rings is 1. The normalized spacial score (nSPS) is 16.5. The summed E-state index contributed by atoms with van der Waals surface area (Å²) in [4.78, 5) is 12.1. The summed E-state index contributed by atoms with van der Waals surface area (Å²) in [6, 6.07) is 7.48. The minimum absolute atomic E-state index is 0. The third kappa shape index (κ3) is 5.44. The summed E-state index contributed by atoms with van der Waals surface area (Å²) in [5.41, 5.74) is 0. The molecule has 118 valence electrons. The molecule has 1 aromatic rings. The van der Waals surface area contributed by atoms with Gasteiger partial charge in [-0.05, 0) is 57.1 Å².